The monoisotopic (exact) mass is 599 g/mol. The number of benzene rings is 4. The number of methoxy groups -OCH3 is 2. The Balaban J connectivity index is 1.34. The molecule has 7 heteroatoms. The number of hydrogen-bond acceptors (Lipinski definition) is 4. The molecule has 0 aromatic heterocycles. The SMILES string of the molecule is COC(OC)C1CCN(c2ccc(C3=C(c4ccccc4F)CC(F)(F)c4cc(OCc5ccccc5)ccc43)cc2)CC1. The molecular weight excluding hydrogens is 563 g/mol. The van der Waals surface area contributed by atoms with Crippen LogP contribution in [0.15, 0.2) is 97.1 Å². The van der Waals surface area contributed by atoms with E-state index in [9.17, 15) is 0 Å². The van der Waals surface area contributed by atoms with Crippen molar-refractivity contribution in [2.45, 2.75) is 38.1 Å². The molecule has 0 N–H and O–H groups in total. The van der Waals surface area contributed by atoms with Gasteiger partial charge in [0.2, 0.25) is 0 Å². The van der Waals surface area contributed by atoms with Gasteiger partial charge in [-0.15, -0.1) is 0 Å². The van der Waals surface area contributed by atoms with Crippen molar-refractivity contribution >= 4 is 16.8 Å². The number of alkyl halides is 2. The summed E-state index contributed by atoms with van der Waals surface area (Å²) in [6, 6.07) is 28.5. The molecule has 228 valence electrons. The topological polar surface area (TPSA) is 30.9 Å². The van der Waals surface area contributed by atoms with Gasteiger partial charge in [0.15, 0.2) is 6.29 Å². The van der Waals surface area contributed by atoms with Gasteiger partial charge >= 0.3 is 0 Å². The van der Waals surface area contributed by atoms with E-state index in [1.807, 2.05) is 54.6 Å². The molecule has 1 fully saturated rings. The van der Waals surface area contributed by atoms with E-state index in [-0.39, 0.29) is 29.6 Å². The van der Waals surface area contributed by atoms with Crippen LogP contribution in [-0.4, -0.2) is 33.6 Å². The summed E-state index contributed by atoms with van der Waals surface area (Å²) in [6.45, 7) is 1.99. The molecule has 2 aliphatic rings. The van der Waals surface area contributed by atoms with E-state index in [4.69, 9.17) is 14.2 Å². The summed E-state index contributed by atoms with van der Waals surface area (Å²) in [5.74, 6) is -3.04. The molecule has 1 heterocycles. The molecular formula is C37H36F3NO3. The lowest BCUT2D eigenvalue weighted by molar-refractivity contribution is -0.141. The van der Waals surface area contributed by atoms with Gasteiger partial charge in [-0.25, -0.2) is 13.2 Å². The molecule has 0 radical (unpaired) electrons. The largest absolute Gasteiger partial charge is 0.489 e. The van der Waals surface area contributed by atoms with Crippen LogP contribution in [0, 0.1) is 11.7 Å². The van der Waals surface area contributed by atoms with Gasteiger partial charge in [0.05, 0.1) is 0 Å². The van der Waals surface area contributed by atoms with E-state index in [1.165, 1.54) is 12.1 Å². The van der Waals surface area contributed by atoms with E-state index < -0.39 is 18.2 Å². The number of fused-ring (bicyclic) bond motifs is 1. The van der Waals surface area contributed by atoms with E-state index in [2.05, 4.69) is 4.90 Å². The van der Waals surface area contributed by atoms with Crippen LogP contribution in [0.5, 0.6) is 5.75 Å². The molecule has 0 atom stereocenters. The van der Waals surface area contributed by atoms with Crippen LogP contribution in [0.2, 0.25) is 0 Å². The zero-order valence-electron chi connectivity index (χ0n) is 24.9. The van der Waals surface area contributed by atoms with Crippen molar-refractivity contribution in [3.05, 3.63) is 131 Å². The lowest BCUT2D eigenvalue weighted by Crippen LogP contribution is -2.39. The third kappa shape index (κ3) is 6.12. The predicted molar refractivity (Wildman–Crippen MR) is 167 cm³/mol. The number of nitrogens with zero attached hydrogens (tertiary/aromatic N) is 1. The summed E-state index contributed by atoms with van der Waals surface area (Å²) >= 11 is 0. The second-order valence-electron chi connectivity index (χ2n) is 11.4. The van der Waals surface area contributed by atoms with Gasteiger partial charge in [0.1, 0.15) is 18.2 Å². The highest BCUT2D eigenvalue weighted by Gasteiger charge is 2.42. The summed E-state index contributed by atoms with van der Waals surface area (Å²) in [7, 11) is 3.34. The first-order valence-electron chi connectivity index (χ1n) is 15.0. The molecule has 1 aliphatic carbocycles. The van der Waals surface area contributed by atoms with Crippen molar-refractivity contribution in [1.82, 2.24) is 0 Å². The van der Waals surface area contributed by atoms with Crippen LogP contribution in [0.25, 0.3) is 11.1 Å². The number of allylic oxidation sites excluding steroid dienone is 1. The van der Waals surface area contributed by atoms with Crippen LogP contribution >= 0.6 is 0 Å². The van der Waals surface area contributed by atoms with Gasteiger partial charge in [-0.2, -0.15) is 0 Å². The van der Waals surface area contributed by atoms with Crippen molar-refractivity contribution in [1.29, 1.82) is 0 Å². The van der Waals surface area contributed by atoms with E-state index >= 15 is 13.2 Å². The minimum Gasteiger partial charge on any atom is -0.489 e. The van der Waals surface area contributed by atoms with Gasteiger partial charge in [-0.1, -0.05) is 66.7 Å². The zero-order valence-corrected chi connectivity index (χ0v) is 24.9. The maximum Gasteiger partial charge on any atom is 0.278 e. The molecule has 0 saturated carbocycles. The smallest absolute Gasteiger partial charge is 0.278 e. The normalized spacial score (nSPS) is 16.7. The molecule has 0 spiro atoms. The molecule has 1 saturated heterocycles. The highest BCUT2D eigenvalue weighted by molar-refractivity contribution is 6.01. The molecule has 0 unspecified atom stereocenters. The maximum absolute atomic E-state index is 15.9. The maximum atomic E-state index is 15.9. The Kier molecular flexibility index (Phi) is 8.78. The Labute approximate surface area is 256 Å². The number of rotatable bonds is 9. The minimum absolute atomic E-state index is 0.116. The van der Waals surface area contributed by atoms with Crippen LogP contribution in [0.1, 0.15) is 47.1 Å². The minimum atomic E-state index is -3.21. The van der Waals surface area contributed by atoms with Gasteiger partial charge in [-0.3, -0.25) is 0 Å². The standard InChI is InChI=1S/C37H36F3NO3/c1-42-36(43-2)27-18-20-41(21-19-27)28-14-12-26(13-15-28)35-31-17-16-29(44-24-25-8-4-3-5-9-25)22-33(31)37(39,40)23-32(35)30-10-6-7-11-34(30)38/h3-17,22,27,36H,18-21,23-24H2,1-2H3. The third-order valence-electron chi connectivity index (χ3n) is 8.71. The third-order valence-corrected chi connectivity index (χ3v) is 8.71. The van der Waals surface area contributed by atoms with Gasteiger partial charge < -0.3 is 19.1 Å². The Hall–Kier alpha value is -4.07. The first-order valence-corrected chi connectivity index (χ1v) is 15.0. The summed E-state index contributed by atoms with van der Waals surface area (Å²) in [4.78, 5) is 2.31. The number of ether oxygens (including phenoxy) is 3. The number of piperidine rings is 1. The highest BCUT2D eigenvalue weighted by atomic mass is 19.3. The van der Waals surface area contributed by atoms with Crippen molar-refractivity contribution in [3.63, 3.8) is 0 Å². The Morgan fingerprint density at radius 2 is 1.50 bits per heavy atom. The zero-order chi connectivity index (χ0) is 30.7. The summed E-state index contributed by atoms with van der Waals surface area (Å²) in [5, 5.41) is 0. The highest BCUT2D eigenvalue weighted by Crippen LogP contribution is 2.51. The Morgan fingerprint density at radius 1 is 0.818 bits per heavy atom. The van der Waals surface area contributed by atoms with Crippen molar-refractivity contribution < 1.29 is 27.4 Å². The summed E-state index contributed by atoms with van der Waals surface area (Å²) in [6.07, 6.45) is 1.05. The van der Waals surface area contributed by atoms with Gasteiger partial charge in [0.25, 0.3) is 5.92 Å². The van der Waals surface area contributed by atoms with Crippen molar-refractivity contribution in [2.75, 3.05) is 32.2 Å². The molecule has 4 nitrogen and oxygen atoms in total. The van der Waals surface area contributed by atoms with Crippen LogP contribution < -0.4 is 9.64 Å². The van der Waals surface area contributed by atoms with Gasteiger partial charge in [0, 0.05) is 56.5 Å². The predicted octanol–water partition coefficient (Wildman–Crippen LogP) is 8.69. The second kappa shape index (κ2) is 12.9. The Bertz CT molecular complexity index is 1610. The van der Waals surface area contributed by atoms with Crippen molar-refractivity contribution in [3.8, 4) is 5.75 Å². The number of anilines is 1. The van der Waals surface area contributed by atoms with Crippen molar-refractivity contribution in [2.24, 2.45) is 5.92 Å². The quantitative estimate of drug-likeness (QED) is 0.180. The summed E-state index contributed by atoms with van der Waals surface area (Å²) < 4.78 is 63.8. The van der Waals surface area contributed by atoms with Crippen LogP contribution in [-0.2, 0) is 22.0 Å². The molecule has 0 amide bonds. The molecule has 1 aliphatic heterocycles. The number of hydrogen-bond donors (Lipinski definition) is 0. The molecule has 6 rings (SSSR count). The fourth-order valence-corrected chi connectivity index (χ4v) is 6.46. The van der Waals surface area contributed by atoms with E-state index in [0.29, 0.717) is 22.8 Å². The van der Waals surface area contributed by atoms with Crippen LogP contribution in [0.3, 0.4) is 0 Å². The molecule has 44 heavy (non-hydrogen) atoms. The fraction of sp³-hybridized carbons (Fsp3) is 0.297. The molecule has 4 aromatic carbocycles. The first kappa shape index (κ1) is 30.0. The fourth-order valence-electron chi connectivity index (χ4n) is 6.46. The van der Waals surface area contributed by atoms with Gasteiger partial charge in [-0.05, 0) is 71.0 Å². The van der Waals surface area contributed by atoms with E-state index in [1.54, 1.807) is 44.6 Å². The second-order valence-corrected chi connectivity index (χ2v) is 11.4. The summed E-state index contributed by atoms with van der Waals surface area (Å²) in [5.41, 5.74) is 4.11. The van der Waals surface area contributed by atoms with Crippen LogP contribution in [0.4, 0.5) is 18.9 Å². The first-order chi connectivity index (χ1) is 21.4. The average molecular weight is 600 g/mol. The molecule has 4 aromatic rings. The number of halogens is 3. The lowest BCUT2D eigenvalue weighted by Gasteiger charge is -2.36. The molecule has 0 bridgehead atoms. The average Bonchev–Trinajstić information content (AvgIpc) is 3.05. The van der Waals surface area contributed by atoms with E-state index in [0.717, 1.165) is 42.7 Å². The lowest BCUT2D eigenvalue weighted by atomic mass is 9.77. The Morgan fingerprint density at radius 3 is 2.18 bits per heavy atom.